The molecule has 0 aromatic carbocycles. The van der Waals surface area contributed by atoms with Crippen LogP contribution in [0.15, 0.2) is 0 Å². The largest absolute Gasteiger partial charge is 0.347 e. The summed E-state index contributed by atoms with van der Waals surface area (Å²) >= 11 is 1.92. The molecular formula is C16H28N4S. The highest BCUT2D eigenvalue weighted by molar-refractivity contribution is 7.15. The van der Waals surface area contributed by atoms with Gasteiger partial charge in [0.2, 0.25) is 0 Å². The van der Waals surface area contributed by atoms with E-state index in [2.05, 4.69) is 36.1 Å². The molecule has 0 spiro atoms. The number of hydrogen-bond acceptors (Lipinski definition) is 5. The van der Waals surface area contributed by atoms with Gasteiger partial charge in [0.25, 0.3) is 0 Å². The fourth-order valence-corrected chi connectivity index (χ4v) is 4.23. The monoisotopic (exact) mass is 308 g/mol. The highest BCUT2D eigenvalue weighted by atomic mass is 32.1. The first-order valence-electron chi connectivity index (χ1n) is 8.30. The molecule has 1 N–H and O–H groups in total. The van der Waals surface area contributed by atoms with Gasteiger partial charge in [0.15, 0.2) is 5.13 Å². The van der Waals surface area contributed by atoms with Gasteiger partial charge in [-0.1, -0.05) is 6.92 Å². The van der Waals surface area contributed by atoms with E-state index in [1.165, 1.54) is 47.9 Å². The second kappa shape index (κ2) is 6.63. The van der Waals surface area contributed by atoms with Gasteiger partial charge in [-0.3, -0.25) is 0 Å². The van der Waals surface area contributed by atoms with Crippen LogP contribution in [-0.2, 0) is 6.54 Å². The molecule has 1 aliphatic carbocycles. The minimum atomic E-state index is 0.671. The highest BCUT2D eigenvalue weighted by Gasteiger charge is 2.31. The third-order valence-electron chi connectivity index (χ3n) is 4.61. The van der Waals surface area contributed by atoms with Crippen molar-refractivity contribution in [2.24, 2.45) is 0 Å². The normalized spacial score (nSPS) is 23.0. The lowest BCUT2D eigenvalue weighted by Gasteiger charge is -2.35. The second-order valence-electron chi connectivity index (χ2n) is 6.57. The molecule has 21 heavy (non-hydrogen) atoms. The quantitative estimate of drug-likeness (QED) is 0.875. The average Bonchev–Trinajstić information content (AvgIpc) is 3.25. The Kier molecular flexibility index (Phi) is 4.82. The predicted molar refractivity (Wildman–Crippen MR) is 90.4 cm³/mol. The van der Waals surface area contributed by atoms with E-state index in [-0.39, 0.29) is 0 Å². The van der Waals surface area contributed by atoms with Crippen molar-refractivity contribution in [2.45, 2.75) is 51.1 Å². The zero-order valence-corrected chi connectivity index (χ0v) is 14.4. The molecule has 1 saturated carbocycles. The first kappa shape index (κ1) is 15.3. The zero-order chi connectivity index (χ0) is 14.8. The Labute approximate surface area is 132 Å². The molecular weight excluding hydrogens is 280 g/mol. The minimum absolute atomic E-state index is 0.671. The number of piperidine rings is 1. The summed E-state index contributed by atoms with van der Waals surface area (Å²) in [6.07, 6.45) is 5.27. The van der Waals surface area contributed by atoms with E-state index in [0.717, 1.165) is 25.6 Å². The smallest absolute Gasteiger partial charge is 0.185 e. The fourth-order valence-electron chi connectivity index (χ4n) is 3.08. The van der Waals surface area contributed by atoms with Crippen LogP contribution in [0.25, 0.3) is 0 Å². The van der Waals surface area contributed by atoms with Gasteiger partial charge in [0, 0.05) is 36.5 Å². The van der Waals surface area contributed by atoms with Crippen LogP contribution in [0.2, 0.25) is 0 Å². The number of thiazole rings is 1. The first-order valence-corrected chi connectivity index (χ1v) is 9.12. The van der Waals surface area contributed by atoms with Gasteiger partial charge >= 0.3 is 0 Å². The molecule has 118 valence electrons. The van der Waals surface area contributed by atoms with Crippen molar-refractivity contribution < 1.29 is 0 Å². The third kappa shape index (κ3) is 3.58. The number of nitrogens with one attached hydrogen (secondary N) is 1. The Balaban J connectivity index is 1.75. The maximum Gasteiger partial charge on any atom is 0.185 e. The SMILES string of the molecule is CCNCc1sc(N2CCCC(N(C)C)C2)nc1C1CC1. The maximum atomic E-state index is 5.03. The van der Waals surface area contributed by atoms with Gasteiger partial charge in [-0.05, 0) is 46.3 Å². The molecule has 1 atom stereocenters. The molecule has 3 rings (SSSR count). The standard InChI is InChI=1S/C16H28N4S/c1-4-17-10-14-15(12-7-8-12)18-16(21-14)20-9-5-6-13(11-20)19(2)3/h12-13,17H,4-11H2,1-3H3. The summed E-state index contributed by atoms with van der Waals surface area (Å²) in [5.74, 6) is 0.748. The van der Waals surface area contributed by atoms with Crippen LogP contribution in [0.5, 0.6) is 0 Å². The summed E-state index contributed by atoms with van der Waals surface area (Å²) in [7, 11) is 4.39. The van der Waals surface area contributed by atoms with Crippen LogP contribution in [0.1, 0.15) is 49.1 Å². The van der Waals surface area contributed by atoms with Gasteiger partial charge in [-0.15, -0.1) is 11.3 Å². The summed E-state index contributed by atoms with van der Waals surface area (Å²) in [6, 6.07) is 0.671. The van der Waals surface area contributed by atoms with E-state index in [1.807, 2.05) is 11.3 Å². The van der Waals surface area contributed by atoms with Crippen molar-refractivity contribution >= 4 is 16.5 Å². The third-order valence-corrected chi connectivity index (χ3v) is 5.75. The molecule has 4 nitrogen and oxygen atoms in total. The molecule has 2 fully saturated rings. The Hall–Kier alpha value is -0.650. The Morgan fingerprint density at radius 3 is 2.81 bits per heavy atom. The van der Waals surface area contributed by atoms with Gasteiger partial charge in [-0.2, -0.15) is 0 Å². The number of hydrogen-bond donors (Lipinski definition) is 1. The van der Waals surface area contributed by atoms with Crippen LogP contribution < -0.4 is 10.2 Å². The van der Waals surface area contributed by atoms with Crippen LogP contribution in [0, 0.1) is 0 Å². The average molecular weight is 308 g/mol. The molecule has 0 amide bonds. The number of likely N-dealkylation sites (N-methyl/N-ethyl adjacent to an activating group) is 1. The summed E-state index contributed by atoms with van der Waals surface area (Å²) < 4.78 is 0. The molecule has 1 aromatic rings. The number of nitrogens with zero attached hydrogens (tertiary/aromatic N) is 3. The highest BCUT2D eigenvalue weighted by Crippen LogP contribution is 2.44. The predicted octanol–water partition coefficient (Wildman–Crippen LogP) is 2.66. The molecule has 0 bridgehead atoms. The fraction of sp³-hybridized carbons (Fsp3) is 0.812. The van der Waals surface area contributed by atoms with Gasteiger partial charge in [-0.25, -0.2) is 4.98 Å². The number of anilines is 1. The van der Waals surface area contributed by atoms with E-state index in [4.69, 9.17) is 4.98 Å². The molecule has 0 radical (unpaired) electrons. The molecule has 1 aromatic heterocycles. The lowest BCUT2D eigenvalue weighted by Crippen LogP contribution is -2.45. The van der Waals surface area contributed by atoms with Gasteiger partial charge in [0.05, 0.1) is 5.69 Å². The van der Waals surface area contributed by atoms with E-state index in [9.17, 15) is 0 Å². The maximum absolute atomic E-state index is 5.03. The van der Waals surface area contributed by atoms with Gasteiger partial charge < -0.3 is 15.1 Å². The van der Waals surface area contributed by atoms with E-state index < -0.39 is 0 Å². The van der Waals surface area contributed by atoms with Crippen molar-refractivity contribution in [2.75, 3.05) is 38.6 Å². The van der Waals surface area contributed by atoms with Crippen LogP contribution >= 0.6 is 11.3 Å². The molecule has 2 heterocycles. The van der Waals surface area contributed by atoms with Crippen LogP contribution in [0.4, 0.5) is 5.13 Å². The molecule has 1 unspecified atom stereocenters. The van der Waals surface area contributed by atoms with E-state index >= 15 is 0 Å². The van der Waals surface area contributed by atoms with Crippen LogP contribution in [-0.4, -0.2) is 49.7 Å². The number of rotatable bonds is 6. The van der Waals surface area contributed by atoms with Crippen LogP contribution in [0.3, 0.4) is 0 Å². The molecule has 1 aliphatic heterocycles. The van der Waals surface area contributed by atoms with Crippen molar-refractivity contribution in [3.05, 3.63) is 10.6 Å². The van der Waals surface area contributed by atoms with Crippen molar-refractivity contribution in [1.82, 2.24) is 15.2 Å². The van der Waals surface area contributed by atoms with E-state index in [0.29, 0.717) is 6.04 Å². The molecule has 1 saturated heterocycles. The Morgan fingerprint density at radius 2 is 2.14 bits per heavy atom. The van der Waals surface area contributed by atoms with Crippen molar-refractivity contribution in [3.8, 4) is 0 Å². The van der Waals surface area contributed by atoms with Crippen molar-refractivity contribution in [1.29, 1.82) is 0 Å². The first-order chi connectivity index (χ1) is 10.2. The Morgan fingerprint density at radius 1 is 1.33 bits per heavy atom. The summed E-state index contributed by atoms with van der Waals surface area (Å²) in [6.45, 7) is 6.49. The second-order valence-corrected chi connectivity index (χ2v) is 7.63. The lowest BCUT2D eigenvalue weighted by molar-refractivity contribution is 0.258. The summed E-state index contributed by atoms with van der Waals surface area (Å²) in [5.41, 5.74) is 1.39. The van der Waals surface area contributed by atoms with Crippen molar-refractivity contribution in [3.63, 3.8) is 0 Å². The topological polar surface area (TPSA) is 31.4 Å². The van der Waals surface area contributed by atoms with E-state index in [1.54, 1.807) is 0 Å². The van der Waals surface area contributed by atoms with Gasteiger partial charge in [0.1, 0.15) is 0 Å². The Bertz CT molecular complexity index is 467. The lowest BCUT2D eigenvalue weighted by atomic mass is 10.1. The number of aromatic nitrogens is 1. The molecule has 2 aliphatic rings. The molecule has 5 heteroatoms. The summed E-state index contributed by atoms with van der Waals surface area (Å²) in [5, 5.41) is 4.74. The zero-order valence-electron chi connectivity index (χ0n) is 13.6. The summed E-state index contributed by atoms with van der Waals surface area (Å²) in [4.78, 5) is 11.4. The minimum Gasteiger partial charge on any atom is -0.347 e.